The summed E-state index contributed by atoms with van der Waals surface area (Å²) in [4.78, 5) is 14.9. The first-order valence-corrected chi connectivity index (χ1v) is 7.93. The first kappa shape index (κ1) is 13.1. The minimum absolute atomic E-state index is 0.189. The Balaban J connectivity index is 1.42. The molecule has 0 unspecified atom stereocenters. The van der Waals surface area contributed by atoms with Crippen LogP contribution in [0.5, 0.6) is 11.5 Å². The molecule has 4 heteroatoms. The Kier molecular flexibility index (Phi) is 3.34. The van der Waals surface area contributed by atoms with Crippen molar-refractivity contribution in [2.45, 2.75) is 25.7 Å². The number of nitrogens with zero attached hydrogens (tertiary/aromatic N) is 1. The van der Waals surface area contributed by atoms with Gasteiger partial charge in [-0.3, -0.25) is 9.69 Å². The highest BCUT2D eigenvalue weighted by Crippen LogP contribution is 2.35. The molecule has 21 heavy (non-hydrogen) atoms. The number of Topliss-reactive ketones (excluding diaryl/α,β-unsaturated/α-hetero) is 1. The van der Waals surface area contributed by atoms with Crippen LogP contribution >= 0.6 is 0 Å². The van der Waals surface area contributed by atoms with E-state index in [9.17, 15) is 4.79 Å². The fourth-order valence-corrected chi connectivity index (χ4v) is 2.90. The summed E-state index contributed by atoms with van der Waals surface area (Å²) in [6.07, 6.45) is 5.33. The van der Waals surface area contributed by atoms with Crippen molar-refractivity contribution in [3.8, 4) is 11.5 Å². The summed E-state index contributed by atoms with van der Waals surface area (Å²) in [6, 6.07) is 5.50. The Morgan fingerprint density at radius 3 is 2.38 bits per heavy atom. The number of ketones is 1. The van der Waals surface area contributed by atoms with Crippen LogP contribution in [0.1, 0.15) is 36.0 Å². The molecule has 112 valence electrons. The van der Waals surface area contributed by atoms with E-state index in [4.69, 9.17) is 9.47 Å². The molecule has 0 spiro atoms. The molecule has 3 aliphatic rings. The van der Waals surface area contributed by atoms with Crippen molar-refractivity contribution < 1.29 is 14.3 Å². The van der Waals surface area contributed by atoms with Gasteiger partial charge in [0.25, 0.3) is 0 Å². The first-order valence-electron chi connectivity index (χ1n) is 7.93. The molecule has 4 nitrogen and oxygen atoms in total. The van der Waals surface area contributed by atoms with Gasteiger partial charge in [0.2, 0.25) is 6.79 Å². The van der Waals surface area contributed by atoms with E-state index in [1.54, 1.807) is 0 Å². The molecule has 2 saturated carbocycles. The highest BCUT2D eigenvalue weighted by molar-refractivity contribution is 5.98. The van der Waals surface area contributed by atoms with Crippen molar-refractivity contribution in [2.24, 2.45) is 11.8 Å². The SMILES string of the molecule is O=C(CN(CC1CC1)CC1CC1)c1ccc2c(c1)OCO2. The number of rotatable bonds is 7. The fraction of sp³-hybridized carbons (Fsp3) is 0.588. The van der Waals surface area contributed by atoms with E-state index >= 15 is 0 Å². The third-order valence-electron chi connectivity index (χ3n) is 4.49. The Labute approximate surface area is 125 Å². The molecule has 0 N–H and O–H groups in total. The second-order valence-electron chi connectivity index (χ2n) is 6.57. The Morgan fingerprint density at radius 1 is 1.05 bits per heavy atom. The molecule has 1 aromatic carbocycles. The zero-order valence-electron chi connectivity index (χ0n) is 12.2. The Bertz CT molecular complexity index is 535. The number of hydrogen-bond acceptors (Lipinski definition) is 4. The van der Waals surface area contributed by atoms with E-state index in [0.717, 1.165) is 36.2 Å². The van der Waals surface area contributed by atoms with Crippen LogP contribution < -0.4 is 9.47 Å². The smallest absolute Gasteiger partial charge is 0.231 e. The van der Waals surface area contributed by atoms with E-state index in [-0.39, 0.29) is 12.6 Å². The largest absolute Gasteiger partial charge is 0.454 e. The van der Waals surface area contributed by atoms with Crippen LogP contribution in [0, 0.1) is 11.8 Å². The third kappa shape index (κ3) is 3.21. The topological polar surface area (TPSA) is 38.8 Å². The molecule has 0 radical (unpaired) electrons. The average molecular weight is 287 g/mol. The van der Waals surface area contributed by atoms with Gasteiger partial charge in [0.15, 0.2) is 17.3 Å². The lowest BCUT2D eigenvalue weighted by molar-refractivity contribution is 0.0923. The van der Waals surface area contributed by atoms with Crippen molar-refractivity contribution in [1.29, 1.82) is 0 Å². The average Bonchev–Trinajstić information content (AvgIpc) is 3.40. The predicted molar refractivity (Wildman–Crippen MR) is 78.8 cm³/mol. The maximum Gasteiger partial charge on any atom is 0.231 e. The van der Waals surface area contributed by atoms with Crippen molar-refractivity contribution in [3.05, 3.63) is 23.8 Å². The monoisotopic (exact) mass is 287 g/mol. The second-order valence-corrected chi connectivity index (χ2v) is 6.57. The van der Waals surface area contributed by atoms with E-state index in [1.165, 1.54) is 25.7 Å². The summed E-state index contributed by atoms with van der Waals surface area (Å²) in [5.74, 6) is 3.27. The molecule has 0 saturated heterocycles. The number of carbonyl (C=O) groups is 1. The van der Waals surface area contributed by atoms with E-state index in [2.05, 4.69) is 4.90 Å². The summed E-state index contributed by atoms with van der Waals surface area (Å²) in [6.45, 7) is 2.97. The highest BCUT2D eigenvalue weighted by atomic mass is 16.7. The molecular formula is C17H21NO3. The van der Waals surface area contributed by atoms with Gasteiger partial charge >= 0.3 is 0 Å². The fourth-order valence-electron chi connectivity index (χ4n) is 2.90. The molecule has 0 bridgehead atoms. The lowest BCUT2D eigenvalue weighted by atomic mass is 10.1. The molecule has 0 aromatic heterocycles. The molecule has 0 atom stereocenters. The highest BCUT2D eigenvalue weighted by Gasteiger charge is 2.30. The lowest BCUT2D eigenvalue weighted by Gasteiger charge is -2.21. The second kappa shape index (κ2) is 5.34. The van der Waals surface area contributed by atoms with Crippen LogP contribution in [0.25, 0.3) is 0 Å². The van der Waals surface area contributed by atoms with E-state index in [1.807, 2.05) is 18.2 Å². The summed E-state index contributed by atoms with van der Waals surface area (Å²) >= 11 is 0. The van der Waals surface area contributed by atoms with E-state index in [0.29, 0.717) is 12.3 Å². The quantitative estimate of drug-likeness (QED) is 0.723. The van der Waals surface area contributed by atoms with Gasteiger partial charge in [0, 0.05) is 18.7 Å². The Hall–Kier alpha value is -1.55. The third-order valence-corrected chi connectivity index (χ3v) is 4.49. The zero-order chi connectivity index (χ0) is 14.2. The predicted octanol–water partition coefficient (Wildman–Crippen LogP) is 2.72. The zero-order valence-corrected chi connectivity index (χ0v) is 12.2. The first-order chi connectivity index (χ1) is 10.3. The number of fused-ring (bicyclic) bond motifs is 1. The van der Waals surface area contributed by atoms with Gasteiger partial charge in [-0.2, -0.15) is 0 Å². The van der Waals surface area contributed by atoms with Gasteiger partial charge < -0.3 is 9.47 Å². The normalized spacial score (nSPS) is 20.0. The molecule has 2 aliphatic carbocycles. The molecule has 4 rings (SSSR count). The molecule has 0 amide bonds. The molecule has 1 aromatic rings. The molecule has 2 fully saturated rings. The molecule has 1 aliphatic heterocycles. The van der Waals surface area contributed by atoms with Crippen LogP contribution in [0.15, 0.2) is 18.2 Å². The van der Waals surface area contributed by atoms with Crippen LogP contribution in [0.2, 0.25) is 0 Å². The van der Waals surface area contributed by atoms with Crippen LogP contribution in [0.3, 0.4) is 0 Å². The van der Waals surface area contributed by atoms with Crippen molar-refractivity contribution in [2.75, 3.05) is 26.4 Å². The van der Waals surface area contributed by atoms with Crippen molar-refractivity contribution in [3.63, 3.8) is 0 Å². The Morgan fingerprint density at radius 2 is 1.71 bits per heavy atom. The number of hydrogen-bond donors (Lipinski definition) is 0. The minimum atomic E-state index is 0.189. The van der Waals surface area contributed by atoms with Gasteiger partial charge in [-0.1, -0.05) is 0 Å². The number of benzene rings is 1. The number of ether oxygens (including phenoxy) is 2. The summed E-state index contributed by atoms with van der Waals surface area (Å²) in [5, 5.41) is 0. The van der Waals surface area contributed by atoms with Crippen molar-refractivity contribution >= 4 is 5.78 Å². The van der Waals surface area contributed by atoms with Crippen LogP contribution in [-0.4, -0.2) is 37.1 Å². The van der Waals surface area contributed by atoms with Gasteiger partial charge in [-0.15, -0.1) is 0 Å². The molecular weight excluding hydrogens is 266 g/mol. The van der Waals surface area contributed by atoms with Gasteiger partial charge in [-0.25, -0.2) is 0 Å². The van der Waals surface area contributed by atoms with Crippen LogP contribution in [-0.2, 0) is 0 Å². The van der Waals surface area contributed by atoms with Crippen molar-refractivity contribution in [1.82, 2.24) is 4.90 Å². The maximum absolute atomic E-state index is 12.5. The van der Waals surface area contributed by atoms with Gasteiger partial charge in [-0.05, 0) is 55.7 Å². The van der Waals surface area contributed by atoms with Crippen LogP contribution in [0.4, 0.5) is 0 Å². The maximum atomic E-state index is 12.5. The van der Waals surface area contributed by atoms with E-state index < -0.39 is 0 Å². The summed E-state index contributed by atoms with van der Waals surface area (Å²) < 4.78 is 10.6. The lowest BCUT2D eigenvalue weighted by Crippen LogP contribution is -2.33. The van der Waals surface area contributed by atoms with Gasteiger partial charge in [0.05, 0.1) is 6.54 Å². The van der Waals surface area contributed by atoms with Gasteiger partial charge in [0.1, 0.15) is 0 Å². The number of carbonyl (C=O) groups excluding carboxylic acids is 1. The summed E-state index contributed by atoms with van der Waals surface area (Å²) in [7, 11) is 0. The standard InChI is InChI=1S/C17H21NO3/c19-15(14-5-6-16-17(7-14)21-11-20-16)10-18(8-12-1-2-12)9-13-3-4-13/h5-7,12-13H,1-4,8-11H2. The molecule has 1 heterocycles. The summed E-state index contributed by atoms with van der Waals surface area (Å²) in [5.41, 5.74) is 0.732. The minimum Gasteiger partial charge on any atom is -0.454 e.